The summed E-state index contributed by atoms with van der Waals surface area (Å²) in [4.78, 5) is 0.780. The second-order valence-corrected chi connectivity index (χ2v) is 7.05. The highest BCUT2D eigenvalue weighted by molar-refractivity contribution is 9.10. The lowest BCUT2D eigenvalue weighted by atomic mass is 10.1. The Bertz CT molecular complexity index is 531. The zero-order valence-electron chi connectivity index (χ0n) is 8.96. The first-order valence-corrected chi connectivity index (χ1v) is 7.79. The summed E-state index contributed by atoms with van der Waals surface area (Å²) in [5.41, 5.74) is 0.744. The van der Waals surface area contributed by atoms with Gasteiger partial charge in [-0.1, -0.05) is 40.9 Å². The van der Waals surface area contributed by atoms with Crippen LogP contribution in [-0.2, 0) is 6.42 Å². The molecule has 96 valence electrons. The summed E-state index contributed by atoms with van der Waals surface area (Å²) in [5.74, 6) is 0. The number of thiophene rings is 1. The molecule has 1 aromatic carbocycles. The van der Waals surface area contributed by atoms with Crippen LogP contribution in [0.2, 0.25) is 14.4 Å². The summed E-state index contributed by atoms with van der Waals surface area (Å²) in [6.45, 7) is 0. The van der Waals surface area contributed by atoms with Gasteiger partial charge in [-0.05, 0) is 39.7 Å². The number of benzene rings is 1. The number of hydrogen-bond acceptors (Lipinski definition) is 2. The molecular formula is C12H8BrCl3OS. The fourth-order valence-corrected chi connectivity index (χ4v) is 3.82. The van der Waals surface area contributed by atoms with Crippen LogP contribution in [0.5, 0.6) is 0 Å². The molecule has 1 nitrogen and oxygen atoms in total. The Labute approximate surface area is 132 Å². The Kier molecular flexibility index (Phi) is 4.98. The predicted octanol–water partition coefficient (Wildman–Crippen LogP) is 5.75. The Morgan fingerprint density at radius 3 is 2.33 bits per heavy atom. The van der Waals surface area contributed by atoms with Crippen LogP contribution in [0.15, 0.2) is 28.7 Å². The first-order chi connectivity index (χ1) is 8.49. The number of halogens is 4. The van der Waals surface area contributed by atoms with E-state index >= 15 is 0 Å². The van der Waals surface area contributed by atoms with Crippen molar-refractivity contribution in [2.75, 3.05) is 0 Å². The van der Waals surface area contributed by atoms with Crippen LogP contribution in [0.1, 0.15) is 16.5 Å². The summed E-state index contributed by atoms with van der Waals surface area (Å²) < 4.78 is 1.41. The van der Waals surface area contributed by atoms with E-state index in [0.717, 1.165) is 14.9 Å². The Morgan fingerprint density at radius 1 is 1.22 bits per heavy atom. The fraction of sp³-hybridized carbons (Fsp3) is 0.167. The second-order valence-electron chi connectivity index (χ2n) is 3.69. The van der Waals surface area contributed by atoms with Crippen molar-refractivity contribution in [3.05, 3.63) is 53.6 Å². The summed E-state index contributed by atoms with van der Waals surface area (Å²) in [6.07, 6.45) is -0.307. The van der Waals surface area contributed by atoms with E-state index in [2.05, 4.69) is 15.9 Å². The van der Waals surface area contributed by atoms with Crippen molar-refractivity contribution in [1.82, 2.24) is 0 Å². The van der Waals surface area contributed by atoms with Gasteiger partial charge < -0.3 is 5.11 Å². The zero-order valence-corrected chi connectivity index (χ0v) is 13.6. The lowest BCUT2D eigenvalue weighted by Crippen LogP contribution is -2.00. The lowest BCUT2D eigenvalue weighted by Gasteiger charge is -2.11. The highest BCUT2D eigenvalue weighted by Gasteiger charge is 2.16. The molecule has 1 unspecified atom stereocenters. The van der Waals surface area contributed by atoms with Crippen molar-refractivity contribution in [3.8, 4) is 0 Å². The molecule has 0 spiro atoms. The summed E-state index contributed by atoms with van der Waals surface area (Å²) in [6, 6.07) is 7.10. The highest BCUT2D eigenvalue weighted by atomic mass is 79.9. The topological polar surface area (TPSA) is 20.2 Å². The molecule has 2 rings (SSSR count). The van der Waals surface area contributed by atoms with E-state index in [0.29, 0.717) is 20.8 Å². The monoisotopic (exact) mass is 384 g/mol. The van der Waals surface area contributed by atoms with E-state index in [9.17, 15) is 5.11 Å². The SMILES string of the molecule is OC(Cc1c(Cl)cccc1Cl)c1cc(Br)c(Cl)s1. The van der Waals surface area contributed by atoms with Gasteiger partial charge in [0.25, 0.3) is 0 Å². The van der Waals surface area contributed by atoms with Gasteiger partial charge in [-0.3, -0.25) is 0 Å². The van der Waals surface area contributed by atoms with E-state index in [4.69, 9.17) is 34.8 Å². The van der Waals surface area contributed by atoms with Crippen molar-refractivity contribution in [2.24, 2.45) is 0 Å². The van der Waals surface area contributed by atoms with Crippen LogP contribution in [0.25, 0.3) is 0 Å². The molecule has 0 amide bonds. The van der Waals surface area contributed by atoms with E-state index in [1.807, 2.05) is 6.07 Å². The average molecular weight is 387 g/mol. The minimum Gasteiger partial charge on any atom is -0.387 e. The molecule has 0 aliphatic rings. The van der Waals surface area contributed by atoms with Crippen LogP contribution in [0.3, 0.4) is 0 Å². The molecule has 0 fully saturated rings. The minimum absolute atomic E-state index is 0.363. The lowest BCUT2D eigenvalue weighted by molar-refractivity contribution is 0.182. The van der Waals surface area contributed by atoms with E-state index in [1.165, 1.54) is 11.3 Å². The summed E-state index contributed by atoms with van der Waals surface area (Å²) in [5, 5.41) is 11.3. The smallest absolute Gasteiger partial charge is 0.107 e. The van der Waals surface area contributed by atoms with Gasteiger partial charge in [-0.15, -0.1) is 11.3 Å². The quantitative estimate of drug-likeness (QED) is 0.712. The van der Waals surface area contributed by atoms with Crippen molar-refractivity contribution in [3.63, 3.8) is 0 Å². The van der Waals surface area contributed by atoms with Gasteiger partial charge in [-0.25, -0.2) is 0 Å². The molecule has 0 aliphatic heterocycles. The van der Waals surface area contributed by atoms with Crippen molar-refractivity contribution < 1.29 is 5.11 Å². The standard InChI is InChI=1S/C12H8BrCl3OS/c13-7-5-11(18-12(7)16)10(17)4-6-8(14)2-1-3-9(6)15/h1-3,5,10,17H,4H2. The molecule has 1 aromatic heterocycles. The van der Waals surface area contributed by atoms with Crippen molar-refractivity contribution >= 4 is 62.1 Å². The third-order valence-electron chi connectivity index (χ3n) is 2.45. The van der Waals surface area contributed by atoms with Gasteiger partial charge in [0.2, 0.25) is 0 Å². The predicted molar refractivity (Wildman–Crippen MR) is 82.2 cm³/mol. The first-order valence-electron chi connectivity index (χ1n) is 5.04. The van der Waals surface area contributed by atoms with Gasteiger partial charge in [0.1, 0.15) is 4.34 Å². The van der Waals surface area contributed by atoms with Crippen LogP contribution >= 0.6 is 62.1 Å². The van der Waals surface area contributed by atoms with E-state index < -0.39 is 6.10 Å². The number of aliphatic hydroxyl groups is 1. The van der Waals surface area contributed by atoms with Crippen molar-refractivity contribution in [1.29, 1.82) is 0 Å². The number of hydrogen-bond donors (Lipinski definition) is 1. The third-order valence-corrected chi connectivity index (χ3v) is 5.74. The minimum atomic E-state index is -0.670. The molecular weight excluding hydrogens is 378 g/mol. The normalized spacial score (nSPS) is 12.7. The molecule has 1 heterocycles. The molecule has 0 saturated carbocycles. The molecule has 18 heavy (non-hydrogen) atoms. The number of rotatable bonds is 3. The van der Waals surface area contributed by atoms with Crippen LogP contribution in [0, 0.1) is 0 Å². The highest BCUT2D eigenvalue weighted by Crippen LogP contribution is 2.37. The zero-order chi connectivity index (χ0) is 13.3. The largest absolute Gasteiger partial charge is 0.387 e. The number of aliphatic hydroxyl groups excluding tert-OH is 1. The maximum absolute atomic E-state index is 10.2. The molecule has 1 atom stereocenters. The van der Waals surface area contributed by atoms with Crippen LogP contribution < -0.4 is 0 Å². The van der Waals surface area contributed by atoms with Crippen LogP contribution in [0.4, 0.5) is 0 Å². The summed E-state index contributed by atoms with van der Waals surface area (Å²) >= 11 is 22.7. The van der Waals surface area contributed by atoms with Crippen molar-refractivity contribution in [2.45, 2.75) is 12.5 Å². The molecule has 0 radical (unpaired) electrons. The Morgan fingerprint density at radius 2 is 1.83 bits per heavy atom. The molecule has 0 aliphatic carbocycles. The molecule has 2 aromatic rings. The van der Waals surface area contributed by atoms with Gasteiger partial charge in [0, 0.05) is 25.8 Å². The molecule has 0 bridgehead atoms. The Hall–Kier alpha value is 0.230. The van der Waals surface area contributed by atoms with Gasteiger partial charge in [0.05, 0.1) is 6.10 Å². The molecule has 0 saturated heterocycles. The molecule has 6 heteroatoms. The van der Waals surface area contributed by atoms with E-state index in [-0.39, 0.29) is 0 Å². The van der Waals surface area contributed by atoms with Gasteiger partial charge >= 0.3 is 0 Å². The van der Waals surface area contributed by atoms with Gasteiger partial charge in [0.15, 0.2) is 0 Å². The van der Waals surface area contributed by atoms with E-state index in [1.54, 1.807) is 18.2 Å². The van der Waals surface area contributed by atoms with Gasteiger partial charge in [-0.2, -0.15) is 0 Å². The maximum atomic E-state index is 10.2. The molecule has 1 N–H and O–H groups in total. The second kappa shape index (κ2) is 6.12. The first kappa shape index (κ1) is 14.6. The average Bonchev–Trinajstić information content (AvgIpc) is 2.64. The van der Waals surface area contributed by atoms with Crippen LogP contribution in [-0.4, -0.2) is 5.11 Å². The Balaban J connectivity index is 2.23. The third kappa shape index (κ3) is 3.21. The fourth-order valence-electron chi connectivity index (χ4n) is 1.55. The summed E-state index contributed by atoms with van der Waals surface area (Å²) in [7, 11) is 0. The maximum Gasteiger partial charge on any atom is 0.107 e.